The van der Waals surface area contributed by atoms with Gasteiger partial charge in [0.2, 0.25) is 0 Å². The molecule has 42 heavy (non-hydrogen) atoms. The van der Waals surface area contributed by atoms with E-state index in [-0.39, 0.29) is 0 Å². The Hall–Kier alpha value is -5.74. The lowest BCUT2D eigenvalue weighted by molar-refractivity contribution is 0.766. The minimum Gasteiger partial charge on any atom is -0.308 e. The van der Waals surface area contributed by atoms with E-state index in [1.807, 2.05) is 30.3 Å². The highest BCUT2D eigenvalue weighted by atomic mass is 15.5. The van der Waals surface area contributed by atoms with E-state index < -0.39 is 0 Å². The number of aromatic nitrogens is 4. The van der Waals surface area contributed by atoms with E-state index in [2.05, 4.69) is 108 Å². The summed E-state index contributed by atoms with van der Waals surface area (Å²) in [6, 6.07) is 47.8. The first-order valence-electron chi connectivity index (χ1n) is 14.3. The summed E-state index contributed by atoms with van der Waals surface area (Å²) in [4.78, 5) is 1.75. The van der Waals surface area contributed by atoms with E-state index in [1.165, 1.54) is 54.8 Å². The van der Waals surface area contributed by atoms with Crippen molar-refractivity contribution in [3.8, 4) is 33.6 Å². The summed E-state index contributed by atoms with van der Waals surface area (Å²) in [5, 5.41) is 17.4. The summed E-state index contributed by atoms with van der Waals surface area (Å²) >= 11 is 0. The first-order chi connectivity index (χ1) is 20.8. The van der Waals surface area contributed by atoms with Crippen LogP contribution >= 0.6 is 0 Å². The van der Waals surface area contributed by atoms with Crippen molar-refractivity contribution in [2.24, 2.45) is 0 Å². The lowest BCUT2D eigenvalue weighted by atomic mass is 9.93. The molecule has 7 aromatic carbocycles. The molecule has 10 rings (SSSR count). The Kier molecular flexibility index (Phi) is 4.15. The molecule has 0 spiro atoms. The molecule has 2 aromatic heterocycles. The maximum Gasteiger partial charge on any atom is 0.121 e. The van der Waals surface area contributed by atoms with Crippen LogP contribution in [0.25, 0.3) is 88.0 Å². The maximum absolute atomic E-state index is 4.98. The van der Waals surface area contributed by atoms with Crippen LogP contribution in [0.2, 0.25) is 0 Å². The van der Waals surface area contributed by atoms with Crippen molar-refractivity contribution < 1.29 is 0 Å². The summed E-state index contributed by atoms with van der Waals surface area (Å²) in [5.41, 5.74) is 11.4. The van der Waals surface area contributed by atoms with Gasteiger partial charge in [-0.1, -0.05) is 103 Å². The van der Waals surface area contributed by atoms with Crippen LogP contribution in [0.15, 0.2) is 133 Å². The second-order valence-corrected chi connectivity index (χ2v) is 11.1. The van der Waals surface area contributed by atoms with Crippen LogP contribution in [-0.2, 0) is 0 Å². The Morgan fingerprint density at radius 3 is 1.95 bits per heavy atom. The summed E-state index contributed by atoms with van der Waals surface area (Å²) in [5.74, 6) is 0. The smallest absolute Gasteiger partial charge is 0.121 e. The molecule has 0 fully saturated rings. The molecular formula is C38H22N4. The van der Waals surface area contributed by atoms with Crippen LogP contribution in [0.3, 0.4) is 0 Å². The van der Waals surface area contributed by atoms with Crippen LogP contribution in [0, 0.1) is 0 Å². The van der Waals surface area contributed by atoms with E-state index >= 15 is 0 Å². The fourth-order valence-electron chi connectivity index (χ4n) is 7.18. The third kappa shape index (κ3) is 2.76. The highest BCUT2D eigenvalue weighted by molar-refractivity contribution is 6.30. The predicted octanol–water partition coefficient (Wildman–Crippen LogP) is 9.47. The molecule has 0 aliphatic heterocycles. The van der Waals surface area contributed by atoms with Crippen LogP contribution in [0.4, 0.5) is 0 Å². The molecule has 0 atom stereocenters. The second kappa shape index (κ2) is 7.93. The fourth-order valence-corrected chi connectivity index (χ4v) is 7.18. The standard InChI is InChI=1S/C38H22N4/c1-2-11-24(12-3-1)42-39-31-22-34(27-15-6-7-16-30(27)38(31)40-42)41-32-19-9-18-29-26-14-5-4-13-25(26)28-17-8-10-23-20-21-33(41)37(35(23)28)36(29)32/h1-22H. The van der Waals surface area contributed by atoms with Crippen molar-refractivity contribution in [3.63, 3.8) is 0 Å². The van der Waals surface area contributed by atoms with Crippen LogP contribution in [0.5, 0.6) is 0 Å². The van der Waals surface area contributed by atoms with E-state index in [0.29, 0.717) is 0 Å². The normalized spacial score (nSPS) is 12.3. The van der Waals surface area contributed by atoms with Gasteiger partial charge in [0.25, 0.3) is 0 Å². The largest absolute Gasteiger partial charge is 0.308 e. The second-order valence-electron chi connectivity index (χ2n) is 11.1. The topological polar surface area (TPSA) is 35.6 Å². The monoisotopic (exact) mass is 534 g/mol. The number of hydrogen-bond donors (Lipinski definition) is 0. The van der Waals surface area contributed by atoms with Crippen molar-refractivity contribution in [2.45, 2.75) is 0 Å². The van der Waals surface area contributed by atoms with Gasteiger partial charge in [0.1, 0.15) is 11.0 Å². The molecule has 9 aromatic rings. The van der Waals surface area contributed by atoms with E-state index in [1.54, 1.807) is 4.80 Å². The Morgan fingerprint density at radius 1 is 0.452 bits per heavy atom. The minimum absolute atomic E-state index is 0.873. The average molecular weight is 535 g/mol. The Labute approximate surface area is 240 Å². The van der Waals surface area contributed by atoms with Crippen molar-refractivity contribution in [1.82, 2.24) is 19.6 Å². The van der Waals surface area contributed by atoms with Crippen LogP contribution in [-0.4, -0.2) is 19.6 Å². The van der Waals surface area contributed by atoms with Crippen LogP contribution < -0.4 is 0 Å². The molecule has 1 aliphatic rings. The van der Waals surface area contributed by atoms with Gasteiger partial charge in [0.15, 0.2) is 0 Å². The maximum atomic E-state index is 4.98. The van der Waals surface area contributed by atoms with Gasteiger partial charge in [0.05, 0.1) is 22.4 Å². The molecule has 0 radical (unpaired) electrons. The van der Waals surface area contributed by atoms with Crippen molar-refractivity contribution >= 4 is 54.4 Å². The molecule has 0 unspecified atom stereocenters. The molecule has 1 aliphatic carbocycles. The lowest BCUT2D eigenvalue weighted by Crippen LogP contribution is -1.97. The van der Waals surface area contributed by atoms with Crippen molar-refractivity contribution in [2.75, 3.05) is 0 Å². The number of fused-ring (bicyclic) bond motifs is 6. The first kappa shape index (κ1) is 22.0. The zero-order chi connectivity index (χ0) is 27.4. The number of para-hydroxylation sites is 1. The third-order valence-corrected chi connectivity index (χ3v) is 8.90. The van der Waals surface area contributed by atoms with Crippen LogP contribution in [0.1, 0.15) is 0 Å². The van der Waals surface area contributed by atoms with Gasteiger partial charge in [-0.3, -0.25) is 0 Å². The predicted molar refractivity (Wildman–Crippen MR) is 173 cm³/mol. The molecule has 0 N–H and O–H groups in total. The molecule has 0 amide bonds. The minimum atomic E-state index is 0.873. The number of hydrogen-bond acceptors (Lipinski definition) is 2. The van der Waals surface area contributed by atoms with Gasteiger partial charge >= 0.3 is 0 Å². The summed E-state index contributed by atoms with van der Waals surface area (Å²) in [7, 11) is 0. The highest BCUT2D eigenvalue weighted by Gasteiger charge is 2.25. The highest BCUT2D eigenvalue weighted by Crippen LogP contribution is 2.50. The van der Waals surface area contributed by atoms with Gasteiger partial charge in [-0.25, -0.2) is 0 Å². The Morgan fingerprint density at radius 2 is 1.12 bits per heavy atom. The summed E-state index contributed by atoms with van der Waals surface area (Å²) in [6.45, 7) is 0. The zero-order valence-electron chi connectivity index (χ0n) is 22.5. The molecular weight excluding hydrogens is 512 g/mol. The number of benzene rings is 7. The van der Waals surface area contributed by atoms with Gasteiger partial charge < -0.3 is 4.57 Å². The SMILES string of the molecule is c1ccc(-n2nc3cc(-n4c5cccc6c5c5c7c(cccc7ccc54)-c4ccccc4-6)c4ccccc4c3n2)cc1. The molecule has 194 valence electrons. The zero-order valence-corrected chi connectivity index (χ0v) is 22.5. The molecule has 2 heterocycles. The summed E-state index contributed by atoms with van der Waals surface area (Å²) < 4.78 is 2.45. The first-order valence-corrected chi connectivity index (χ1v) is 14.3. The molecule has 0 saturated carbocycles. The van der Waals surface area contributed by atoms with Gasteiger partial charge in [-0.05, 0) is 63.4 Å². The lowest BCUT2D eigenvalue weighted by Gasteiger charge is -2.15. The van der Waals surface area contributed by atoms with Crippen molar-refractivity contribution in [3.05, 3.63) is 133 Å². The average Bonchev–Trinajstić information content (AvgIpc) is 3.61. The third-order valence-electron chi connectivity index (χ3n) is 8.90. The molecule has 4 heteroatoms. The quantitative estimate of drug-likeness (QED) is 0.221. The van der Waals surface area contributed by atoms with E-state index in [0.717, 1.165) is 33.2 Å². The van der Waals surface area contributed by atoms with Gasteiger partial charge in [-0.2, -0.15) is 4.80 Å². The Balaban J connectivity index is 1.40. The summed E-state index contributed by atoms with van der Waals surface area (Å²) in [6.07, 6.45) is 0. The van der Waals surface area contributed by atoms with Crippen molar-refractivity contribution in [1.29, 1.82) is 0 Å². The molecule has 0 saturated heterocycles. The van der Waals surface area contributed by atoms with Gasteiger partial charge in [-0.15, -0.1) is 10.2 Å². The number of rotatable bonds is 2. The van der Waals surface area contributed by atoms with Gasteiger partial charge in [0, 0.05) is 21.5 Å². The van der Waals surface area contributed by atoms with E-state index in [4.69, 9.17) is 10.2 Å². The fraction of sp³-hybridized carbons (Fsp3) is 0. The Bertz CT molecular complexity index is 2570. The molecule has 0 bridgehead atoms. The van der Waals surface area contributed by atoms with E-state index in [9.17, 15) is 0 Å². The molecule has 4 nitrogen and oxygen atoms in total. The number of nitrogens with zero attached hydrogens (tertiary/aromatic N) is 4.